The van der Waals surface area contributed by atoms with Crippen molar-refractivity contribution in [2.45, 2.75) is 35.9 Å². The van der Waals surface area contributed by atoms with Crippen molar-refractivity contribution < 1.29 is 17.6 Å². The van der Waals surface area contributed by atoms with Crippen molar-refractivity contribution in [3.8, 4) is 0 Å². The Morgan fingerprint density at radius 3 is 2.57 bits per heavy atom. The molecule has 0 radical (unpaired) electrons. The summed E-state index contributed by atoms with van der Waals surface area (Å²) in [6.45, 7) is 5.59. The van der Waals surface area contributed by atoms with Gasteiger partial charge in [0.05, 0.1) is 33.6 Å². The number of fused-ring (bicyclic) bond motifs is 4. The van der Waals surface area contributed by atoms with Crippen molar-refractivity contribution in [3.05, 3.63) is 119 Å². The molecule has 3 aromatic heterocycles. The van der Waals surface area contributed by atoms with Gasteiger partial charge in [-0.3, -0.25) is 9.52 Å². The lowest BCUT2D eigenvalue weighted by Gasteiger charge is -2.12. The zero-order valence-electron chi connectivity index (χ0n) is 25.4. The first kappa shape index (κ1) is 30.1. The molecule has 0 aliphatic heterocycles. The van der Waals surface area contributed by atoms with E-state index in [1.165, 1.54) is 42.2 Å². The van der Waals surface area contributed by atoms with Crippen molar-refractivity contribution >= 4 is 67.2 Å². The Labute approximate surface area is 273 Å². The van der Waals surface area contributed by atoms with E-state index in [-0.39, 0.29) is 10.5 Å². The fourth-order valence-corrected chi connectivity index (χ4v) is 7.19. The van der Waals surface area contributed by atoms with Gasteiger partial charge in [-0.1, -0.05) is 54.1 Å². The molecule has 7 aromatic rings. The normalized spacial score (nSPS) is 12.0. The number of carbonyl (C=O) groups is 1. The second-order valence-corrected chi connectivity index (χ2v) is 13.5. The molecule has 0 atom stereocenters. The van der Waals surface area contributed by atoms with Crippen LogP contribution in [0.25, 0.3) is 27.6 Å². The van der Waals surface area contributed by atoms with Crippen LogP contribution in [-0.2, 0) is 10.0 Å². The number of anilines is 1. The molecule has 13 heteroatoms. The molecule has 3 heterocycles. The number of carbonyl (C=O) groups excluding carboxylic acids is 1. The summed E-state index contributed by atoms with van der Waals surface area (Å²) >= 11 is 1.31. The Morgan fingerprint density at radius 2 is 1.74 bits per heavy atom. The molecule has 0 fully saturated rings. The second-order valence-electron chi connectivity index (χ2n) is 10.9. The van der Waals surface area contributed by atoms with Crippen molar-refractivity contribution in [1.29, 1.82) is 0 Å². The molecule has 47 heavy (non-hydrogen) atoms. The third-order valence-corrected chi connectivity index (χ3v) is 9.72. The number of rotatable bonds is 8. The standard InChI is InChI=1S/C34H27N7O4S2/c1-20-15-16-27(21(2)17-20)40-47(43,44)24-10-8-9-23(18-24)32(42)38-35-19-26-22(3)39-41-29-13-6-4-11-25(29)33(37-31(26)41)46-34-36-28-12-5-7-14-30(28)45-34/h4-19,40H,1-3H3,(H,38,42). The van der Waals surface area contributed by atoms with Gasteiger partial charge in [-0.25, -0.2) is 28.3 Å². The Bertz CT molecular complexity index is 2450. The van der Waals surface area contributed by atoms with E-state index in [9.17, 15) is 13.2 Å². The summed E-state index contributed by atoms with van der Waals surface area (Å²) in [6.07, 6.45) is 1.48. The molecule has 7 rings (SSSR count). The predicted molar refractivity (Wildman–Crippen MR) is 182 cm³/mol. The molecule has 1 amide bonds. The van der Waals surface area contributed by atoms with Gasteiger partial charge in [-0.05, 0) is 80.6 Å². The van der Waals surface area contributed by atoms with Crippen LogP contribution in [0.3, 0.4) is 0 Å². The average molecular weight is 662 g/mol. The Hall–Kier alpha value is -5.53. The summed E-state index contributed by atoms with van der Waals surface area (Å²) in [5.41, 5.74) is 8.96. The highest BCUT2D eigenvalue weighted by molar-refractivity contribution is 7.99. The smallest absolute Gasteiger partial charge is 0.271 e. The maximum atomic E-state index is 13.1. The lowest BCUT2D eigenvalue weighted by atomic mass is 10.1. The van der Waals surface area contributed by atoms with E-state index in [1.807, 2.05) is 81.4 Å². The molecule has 0 aliphatic carbocycles. The highest BCUT2D eigenvalue weighted by Gasteiger charge is 2.19. The number of nitrogens with one attached hydrogen (secondary N) is 2. The molecular weight excluding hydrogens is 635 g/mol. The molecule has 0 unspecified atom stereocenters. The number of para-hydroxylation sites is 3. The zero-order chi connectivity index (χ0) is 32.7. The van der Waals surface area contributed by atoms with Gasteiger partial charge < -0.3 is 4.42 Å². The summed E-state index contributed by atoms with van der Waals surface area (Å²) in [6, 6.07) is 26.5. The van der Waals surface area contributed by atoms with E-state index >= 15 is 0 Å². The largest absolute Gasteiger partial charge is 0.431 e. The molecule has 234 valence electrons. The van der Waals surface area contributed by atoms with Crippen molar-refractivity contribution in [3.63, 3.8) is 0 Å². The van der Waals surface area contributed by atoms with Gasteiger partial charge in [0, 0.05) is 10.9 Å². The van der Waals surface area contributed by atoms with Gasteiger partial charge in [0.2, 0.25) is 0 Å². The molecule has 0 spiro atoms. The second kappa shape index (κ2) is 12.0. The number of benzene rings is 4. The van der Waals surface area contributed by atoms with Crippen LogP contribution in [0, 0.1) is 20.8 Å². The molecular formula is C34H27N7O4S2. The van der Waals surface area contributed by atoms with E-state index < -0.39 is 15.9 Å². The van der Waals surface area contributed by atoms with Gasteiger partial charge in [-0.15, -0.1) is 0 Å². The predicted octanol–water partition coefficient (Wildman–Crippen LogP) is 6.66. The number of sulfonamides is 1. The van der Waals surface area contributed by atoms with Crippen LogP contribution in [0.5, 0.6) is 0 Å². The minimum atomic E-state index is -3.94. The van der Waals surface area contributed by atoms with Crippen LogP contribution < -0.4 is 10.1 Å². The van der Waals surface area contributed by atoms with E-state index in [0.29, 0.717) is 38.4 Å². The van der Waals surface area contributed by atoms with Gasteiger partial charge in [0.1, 0.15) is 10.5 Å². The Balaban J connectivity index is 1.15. The minimum Gasteiger partial charge on any atom is -0.431 e. The van der Waals surface area contributed by atoms with Crippen LogP contribution in [0.15, 0.2) is 116 Å². The number of hydrazone groups is 1. The number of aromatic nitrogens is 4. The van der Waals surface area contributed by atoms with Crippen molar-refractivity contribution in [2.24, 2.45) is 5.10 Å². The first-order valence-corrected chi connectivity index (χ1v) is 16.8. The summed E-state index contributed by atoms with van der Waals surface area (Å²) in [7, 11) is -3.94. The maximum absolute atomic E-state index is 13.1. The van der Waals surface area contributed by atoms with E-state index in [0.717, 1.165) is 27.5 Å². The zero-order valence-corrected chi connectivity index (χ0v) is 27.1. The van der Waals surface area contributed by atoms with Crippen LogP contribution in [0.1, 0.15) is 32.7 Å². The minimum absolute atomic E-state index is 0.0485. The van der Waals surface area contributed by atoms with Gasteiger partial charge >= 0.3 is 0 Å². The molecule has 4 aromatic carbocycles. The summed E-state index contributed by atoms with van der Waals surface area (Å²) in [5, 5.41) is 10.9. The Kier molecular flexibility index (Phi) is 7.70. The van der Waals surface area contributed by atoms with E-state index in [1.54, 1.807) is 10.6 Å². The highest BCUT2D eigenvalue weighted by atomic mass is 32.2. The summed E-state index contributed by atoms with van der Waals surface area (Å²) in [5.74, 6) is -0.579. The number of amides is 1. The third kappa shape index (κ3) is 5.93. The van der Waals surface area contributed by atoms with Crippen molar-refractivity contribution in [2.75, 3.05) is 4.72 Å². The lowest BCUT2D eigenvalue weighted by molar-refractivity contribution is 0.0955. The van der Waals surface area contributed by atoms with Crippen LogP contribution in [0.2, 0.25) is 0 Å². The van der Waals surface area contributed by atoms with E-state index in [2.05, 4.69) is 20.2 Å². The maximum Gasteiger partial charge on any atom is 0.271 e. The van der Waals surface area contributed by atoms with E-state index in [4.69, 9.17) is 14.5 Å². The lowest BCUT2D eigenvalue weighted by Crippen LogP contribution is -2.19. The molecule has 0 saturated carbocycles. The molecule has 2 N–H and O–H groups in total. The van der Waals surface area contributed by atoms with Gasteiger partial charge in [-0.2, -0.15) is 10.2 Å². The quantitative estimate of drug-likeness (QED) is 0.105. The SMILES string of the molecule is Cc1ccc(NS(=O)(=O)c2cccc(C(=O)NN=Cc3c(C)nn4c3nc(Sc3nc5ccccc5o3)c3ccccc34)c2)c(C)c1. The summed E-state index contributed by atoms with van der Waals surface area (Å²) in [4.78, 5) is 22.5. The third-order valence-electron chi connectivity index (χ3n) is 7.50. The van der Waals surface area contributed by atoms with Crippen molar-refractivity contribution in [1.82, 2.24) is 25.0 Å². The number of oxazole rings is 1. The molecule has 11 nitrogen and oxygen atoms in total. The van der Waals surface area contributed by atoms with Gasteiger partial charge in [0.15, 0.2) is 11.2 Å². The molecule has 0 aliphatic rings. The number of nitrogens with zero attached hydrogens (tertiary/aromatic N) is 5. The topological polar surface area (TPSA) is 144 Å². The monoisotopic (exact) mass is 661 g/mol. The number of hydrogen-bond donors (Lipinski definition) is 2. The Morgan fingerprint density at radius 1 is 0.936 bits per heavy atom. The van der Waals surface area contributed by atoms with Gasteiger partial charge in [0.25, 0.3) is 21.2 Å². The highest BCUT2D eigenvalue weighted by Crippen LogP contribution is 2.34. The van der Waals surface area contributed by atoms with Crippen LogP contribution in [-0.4, -0.2) is 40.1 Å². The number of aryl methyl sites for hydroxylation is 3. The fraction of sp³-hybridized carbons (Fsp3) is 0.0882. The molecule has 0 saturated heterocycles. The average Bonchev–Trinajstić information content (AvgIpc) is 3.62. The molecule has 0 bridgehead atoms. The first-order valence-electron chi connectivity index (χ1n) is 14.5. The first-order chi connectivity index (χ1) is 22.7. The fourth-order valence-electron chi connectivity index (χ4n) is 5.16. The van der Waals surface area contributed by atoms with Crippen LogP contribution >= 0.6 is 11.8 Å². The van der Waals surface area contributed by atoms with Crippen LogP contribution in [0.4, 0.5) is 5.69 Å². The summed E-state index contributed by atoms with van der Waals surface area (Å²) < 4.78 is 36.5. The number of hydrogen-bond acceptors (Lipinski definition) is 9.